The van der Waals surface area contributed by atoms with Crippen LogP contribution >= 0.6 is 0 Å². The van der Waals surface area contributed by atoms with Crippen LogP contribution < -0.4 is 151 Å². The van der Waals surface area contributed by atoms with E-state index in [2.05, 4.69) is 49.9 Å². The zero-order valence-corrected chi connectivity index (χ0v) is 50.3. The Balaban J connectivity index is 0.00000444. The van der Waals surface area contributed by atoms with E-state index in [1.54, 1.807) is 14.1 Å². The molecule has 0 saturated heterocycles. The molecule has 72 heavy (non-hydrogen) atoms. The van der Waals surface area contributed by atoms with Crippen LogP contribution in [0.4, 0.5) is 34.6 Å². The van der Waals surface area contributed by atoms with E-state index in [9.17, 15) is 62.1 Å². The first-order valence-electron chi connectivity index (χ1n) is 19.1. The molecule has 6 aromatic rings. The van der Waals surface area contributed by atoms with E-state index in [4.69, 9.17) is 0 Å². The van der Waals surface area contributed by atoms with Crippen molar-refractivity contribution in [1.82, 2.24) is 29.9 Å². The van der Waals surface area contributed by atoms with Gasteiger partial charge in [-0.2, -0.15) is 9.97 Å². The molecule has 0 radical (unpaired) electrons. The summed E-state index contributed by atoms with van der Waals surface area (Å²) in [5.41, 5.74) is -1.38. The molecule has 0 fully saturated rings. The van der Waals surface area contributed by atoms with Gasteiger partial charge in [-0.15, -0.1) is 0 Å². The number of hydrogen-bond acceptors (Lipinski definition) is 22. The normalized spacial score (nSPS) is 12.9. The average molecular weight is 1110 g/mol. The summed E-state index contributed by atoms with van der Waals surface area (Å²) in [5.74, 6) is 0.130. The number of benzene rings is 4. The van der Waals surface area contributed by atoms with Crippen molar-refractivity contribution in [2.24, 2.45) is 20.0 Å². The average Bonchev–Trinajstić information content (AvgIpc) is 3.25. The molecule has 0 unspecified atom stereocenters. The van der Waals surface area contributed by atoms with Crippen LogP contribution in [0.1, 0.15) is 11.1 Å². The summed E-state index contributed by atoms with van der Waals surface area (Å²) in [6.07, 6.45) is 2.15. The van der Waals surface area contributed by atoms with Crippen molar-refractivity contribution >= 4 is 87.3 Å². The number of aliphatic hydroxyl groups excluding tert-OH is 2. The Morgan fingerprint density at radius 3 is 1.17 bits per heavy atom. The van der Waals surface area contributed by atoms with Gasteiger partial charge in [0.15, 0.2) is 0 Å². The van der Waals surface area contributed by atoms with Crippen LogP contribution in [0.15, 0.2) is 124 Å². The third-order valence-corrected chi connectivity index (χ3v) is 12.5. The largest absolute Gasteiger partial charge is 1.00 e. The molecular weight excluding hydrogens is 1070 g/mol. The van der Waals surface area contributed by atoms with E-state index < -0.39 is 60.1 Å². The molecule has 360 valence electrons. The number of nitrogens with zero attached hydrogens (tertiary/aromatic N) is 8. The van der Waals surface area contributed by atoms with Gasteiger partial charge in [0.25, 0.3) is 0 Å². The Morgan fingerprint density at radius 2 is 0.847 bits per heavy atom. The van der Waals surface area contributed by atoms with Crippen LogP contribution in [0.25, 0.3) is 12.2 Å². The Labute approximate surface area is 499 Å². The summed E-state index contributed by atoms with van der Waals surface area (Å²) in [6.45, 7) is -0.481. The van der Waals surface area contributed by atoms with Crippen LogP contribution in [0.3, 0.4) is 0 Å². The Kier molecular flexibility index (Phi) is 25.0. The van der Waals surface area contributed by atoms with E-state index in [1.807, 2.05) is 0 Å². The van der Waals surface area contributed by atoms with Crippen LogP contribution in [-0.4, -0.2) is 132 Å². The third-order valence-electron chi connectivity index (χ3n) is 9.08. The van der Waals surface area contributed by atoms with Gasteiger partial charge in [0, 0.05) is 27.2 Å². The fourth-order valence-electron chi connectivity index (χ4n) is 5.88. The molecule has 2 heterocycles. The minimum absolute atomic E-state index is 0. The van der Waals surface area contributed by atoms with Crippen molar-refractivity contribution in [3.63, 3.8) is 0 Å². The van der Waals surface area contributed by atoms with Crippen molar-refractivity contribution in [3.8, 4) is 0 Å². The molecule has 0 aliphatic rings. The molecule has 0 atom stereocenters. The Morgan fingerprint density at radius 1 is 0.500 bits per heavy atom. The summed E-state index contributed by atoms with van der Waals surface area (Å²) in [4.78, 5) is 36.9. The summed E-state index contributed by atoms with van der Waals surface area (Å²) in [7, 11) is -17.1. The molecule has 0 aliphatic carbocycles. The number of anilines is 2. The number of aliphatic hydroxyl groups is 2. The van der Waals surface area contributed by atoms with Crippen molar-refractivity contribution in [2.45, 2.75) is 19.6 Å². The van der Waals surface area contributed by atoms with Gasteiger partial charge in [-0.1, -0.05) is 36.4 Å². The minimum atomic E-state index is -5.27. The van der Waals surface area contributed by atoms with Crippen LogP contribution in [-0.2, 0) is 40.5 Å². The molecule has 34 heteroatoms. The number of nitrogens with one attached hydrogen (secondary N) is 4. The molecule has 0 amide bonds. The topological polar surface area (TPSA) is 414 Å². The number of hydrogen-bond donors (Lipinski definition) is 6. The van der Waals surface area contributed by atoms with E-state index >= 15 is 0 Å². The van der Waals surface area contributed by atoms with Crippen LogP contribution in [0, 0.1) is 0 Å². The number of H-pyrrole nitrogens is 4. The maximum absolute atomic E-state index is 12.6. The second-order valence-electron chi connectivity index (χ2n) is 14.0. The standard InChI is InChI=1S/C38H40N12O14S4.4Na/c1-49(15-17-51)37-45-33(39-25-5-3-7-29(19-25)65(53,54)55)43-35(47-37)41-27-13-11-23(31(21-27)67(59,60)61)9-10-24-12-14-28(22-32(24)68(62,63)64)42-36-44-34(46-38(48-36)50(2)16-18-52)40-26-6-4-8-30(20-26)66(56,57)58;;;;/h3-14,19-22,51-52H,15-18H2,1-2H3,(H,53,54,55)(H,56,57,58)(H,59,60,61)(H,62,63,64)(H2,39,41,43,45,47)(H2,40,42,44,46,48);;;;/q;4*+1/p-4/b10-9+;;;;. The molecule has 2 aromatic heterocycles. The number of aromatic amines is 4. The van der Waals surface area contributed by atoms with E-state index in [0.29, 0.717) is 0 Å². The number of likely N-dealkylation sites (N-methyl/N-ethyl adjacent to an activating group) is 2. The molecule has 6 N–H and O–H groups in total. The fourth-order valence-corrected chi connectivity index (χ4v) is 8.28. The second kappa shape index (κ2) is 27.7. The fraction of sp³-hybridized carbons (Fsp3) is 0.158. The maximum atomic E-state index is 12.6. The monoisotopic (exact) mass is 1100 g/mol. The Bertz CT molecular complexity index is 3460. The van der Waals surface area contributed by atoms with Crippen molar-refractivity contribution < 1.29 is 180 Å². The van der Waals surface area contributed by atoms with E-state index in [0.717, 1.165) is 48.6 Å². The molecule has 26 nitrogen and oxygen atoms in total. The van der Waals surface area contributed by atoms with Gasteiger partial charge in [0.1, 0.15) is 40.5 Å². The smallest absolute Gasteiger partial charge is 0.744 e. The zero-order valence-electron chi connectivity index (χ0n) is 39.1. The van der Waals surface area contributed by atoms with Crippen molar-refractivity contribution in [2.75, 3.05) is 50.2 Å². The van der Waals surface area contributed by atoms with E-state index in [-0.39, 0.29) is 213 Å². The van der Waals surface area contributed by atoms with Gasteiger partial charge in [-0.25, -0.2) is 53.6 Å². The first-order chi connectivity index (χ1) is 31.9. The molecule has 0 spiro atoms. The predicted octanol–water partition coefficient (Wildman–Crippen LogP) is -12.6. The number of rotatable bonds is 16. The maximum Gasteiger partial charge on any atom is 1.00 e. The summed E-state index contributed by atoms with van der Waals surface area (Å²) >= 11 is 0. The van der Waals surface area contributed by atoms with E-state index in [1.165, 1.54) is 58.3 Å². The first-order valence-corrected chi connectivity index (χ1v) is 24.8. The van der Waals surface area contributed by atoms with Crippen molar-refractivity contribution in [3.05, 3.63) is 119 Å². The molecular formula is C38H36N12Na4O14S4. The molecule has 6 rings (SSSR count). The van der Waals surface area contributed by atoms with Crippen molar-refractivity contribution in [1.29, 1.82) is 0 Å². The minimum Gasteiger partial charge on any atom is -0.744 e. The SMILES string of the molecule is CN(CCO)c1nc(=Nc2cccc(S(=O)(=O)[O-])c2)[nH]c(=Nc2ccc(/C=C/c3ccc(N=c4[nH]c(N(C)CCO)nc(=Nc5cccc(S(=O)(=O)[O-])c5)[nH]4)cc3S(=O)(=O)[O-])c(S(=O)(=O)[O-])c2)[nH]1.[Na+].[Na+].[Na+].[Na+]. The van der Waals surface area contributed by atoms with Gasteiger partial charge in [-0.05, 0) is 71.8 Å². The summed E-state index contributed by atoms with van der Waals surface area (Å²) in [6, 6.07) is 16.2. The van der Waals surface area contributed by atoms with Gasteiger partial charge < -0.3 is 38.2 Å². The second-order valence-corrected chi connectivity index (χ2v) is 19.5. The Hall–Kier alpha value is -3.00. The number of aromatic nitrogens is 6. The quantitative estimate of drug-likeness (QED) is 0.0298. The summed E-state index contributed by atoms with van der Waals surface area (Å²) < 4.78 is 145. The first kappa shape index (κ1) is 65.1. The molecule has 0 bridgehead atoms. The molecule has 4 aromatic carbocycles. The molecule has 0 saturated carbocycles. The summed E-state index contributed by atoms with van der Waals surface area (Å²) in [5, 5.41) is 19.0. The van der Waals surface area contributed by atoms with Gasteiger partial charge in [-0.3, -0.25) is 19.9 Å². The van der Waals surface area contributed by atoms with Gasteiger partial charge in [0.2, 0.25) is 34.4 Å². The van der Waals surface area contributed by atoms with Crippen LogP contribution in [0.5, 0.6) is 0 Å². The van der Waals surface area contributed by atoms with Gasteiger partial charge in [0.05, 0.1) is 55.5 Å². The molecule has 0 aliphatic heterocycles. The zero-order chi connectivity index (χ0) is 49.6. The van der Waals surface area contributed by atoms with Gasteiger partial charge >= 0.3 is 118 Å². The predicted molar refractivity (Wildman–Crippen MR) is 234 cm³/mol. The van der Waals surface area contributed by atoms with Crippen LogP contribution in [0.2, 0.25) is 0 Å². The third kappa shape index (κ3) is 18.4.